The lowest BCUT2D eigenvalue weighted by Gasteiger charge is -2.08. The molecule has 0 aliphatic rings. The van der Waals surface area contributed by atoms with Gasteiger partial charge in [0.05, 0.1) is 12.2 Å². The molecule has 3 rings (SSSR count). The quantitative estimate of drug-likeness (QED) is 0.289. The molecule has 0 amide bonds. The van der Waals surface area contributed by atoms with Crippen molar-refractivity contribution in [2.24, 2.45) is 0 Å². The first-order valence-electron chi connectivity index (χ1n) is 8.27. The second-order valence-corrected chi connectivity index (χ2v) is 6.57. The van der Waals surface area contributed by atoms with Crippen molar-refractivity contribution in [2.75, 3.05) is 12.4 Å². The summed E-state index contributed by atoms with van der Waals surface area (Å²) in [7, 11) is 0. The minimum atomic E-state index is -2.87. The predicted octanol–water partition coefficient (Wildman–Crippen LogP) is 4.71. The number of aromatic nitrogens is 2. The highest BCUT2D eigenvalue weighted by atomic mass is 32.2. The Labute approximate surface area is 163 Å². The Morgan fingerprint density at radius 3 is 2.61 bits per heavy atom. The Hall–Kier alpha value is -2.94. The Morgan fingerprint density at radius 1 is 1.14 bits per heavy atom. The molecule has 0 radical (unpaired) electrons. The van der Waals surface area contributed by atoms with Gasteiger partial charge in [-0.05, 0) is 43.3 Å². The average Bonchev–Trinajstić information content (AvgIpc) is 3.14. The Kier molecular flexibility index (Phi) is 6.59. The van der Waals surface area contributed by atoms with Gasteiger partial charge in [-0.25, -0.2) is 0 Å². The van der Waals surface area contributed by atoms with Crippen LogP contribution in [0.4, 0.5) is 8.78 Å². The van der Waals surface area contributed by atoms with Crippen molar-refractivity contribution in [2.45, 2.75) is 18.8 Å². The molecule has 0 saturated carbocycles. The Bertz CT molecular complexity index is 932. The molecule has 0 aliphatic carbocycles. The van der Waals surface area contributed by atoms with Gasteiger partial charge in [-0.2, -0.15) is 8.78 Å². The lowest BCUT2D eigenvalue weighted by Crippen LogP contribution is -2.04. The Balaban J connectivity index is 1.52. The number of rotatable bonds is 9. The molecule has 0 fully saturated rings. The number of halogens is 2. The molecule has 0 unspecified atom stereocenters. The molecular weight excluding hydrogens is 390 g/mol. The second-order valence-electron chi connectivity index (χ2n) is 5.53. The number of carbonyl (C=O) groups is 1. The number of hydrogen-bond acceptors (Lipinski definition) is 7. The first-order chi connectivity index (χ1) is 13.5. The summed E-state index contributed by atoms with van der Waals surface area (Å²) in [6.45, 7) is -1.03. The summed E-state index contributed by atoms with van der Waals surface area (Å²) in [5.41, 5.74) is 1.12. The minimum Gasteiger partial charge on any atom is -0.492 e. The smallest absolute Gasteiger partial charge is 0.387 e. The van der Waals surface area contributed by atoms with Gasteiger partial charge in [0, 0.05) is 11.3 Å². The fraction of sp³-hybridized carbons (Fsp3) is 0.211. The van der Waals surface area contributed by atoms with E-state index in [0.717, 1.165) is 0 Å². The van der Waals surface area contributed by atoms with Gasteiger partial charge in [-0.15, -0.1) is 10.2 Å². The van der Waals surface area contributed by atoms with E-state index >= 15 is 0 Å². The third-order valence-corrected chi connectivity index (χ3v) is 4.35. The van der Waals surface area contributed by atoms with Crippen molar-refractivity contribution in [3.63, 3.8) is 0 Å². The van der Waals surface area contributed by atoms with E-state index in [9.17, 15) is 13.6 Å². The zero-order chi connectivity index (χ0) is 19.9. The van der Waals surface area contributed by atoms with Crippen LogP contribution >= 0.6 is 11.8 Å². The Morgan fingerprint density at radius 2 is 1.89 bits per heavy atom. The van der Waals surface area contributed by atoms with Crippen LogP contribution in [0.2, 0.25) is 0 Å². The highest BCUT2D eigenvalue weighted by Crippen LogP contribution is 2.26. The van der Waals surface area contributed by atoms with Crippen molar-refractivity contribution in [1.29, 1.82) is 0 Å². The van der Waals surface area contributed by atoms with E-state index in [4.69, 9.17) is 9.15 Å². The zero-order valence-electron chi connectivity index (χ0n) is 14.8. The standard InChI is InChI=1S/C19H16F2N2O4S/c1-12(24)15-4-2-3-5-16(15)25-10-11-28-19-23-22-17(27-19)13-6-8-14(9-7-13)26-18(20)21/h2-9,18H,10-11H2,1H3. The van der Waals surface area contributed by atoms with Crippen LogP contribution < -0.4 is 9.47 Å². The largest absolute Gasteiger partial charge is 0.492 e. The maximum Gasteiger partial charge on any atom is 0.387 e. The normalized spacial score (nSPS) is 10.9. The van der Waals surface area contributed by atoms with E-state index in [1.54, 1.807) is 36.4 Å². The predicted molar refractivity (Wildman–Crippen MR) is 99.0 cm³/mol. The summed E-state index contributed by atoms with van der Waals surface area (Å²) in [6.07, 6.45) is 0. The number of carbonyl (C=O) groups excluding carboxylic acids is 1. The molecule has 0 saturated heterocycles. The molecule has 1 heterocycles. The third-order valence-electron chi connectivity index (χ3n) is 3.57. The number of benzene rings is 2. The van der Waals surface area contributed by atoms with Gasteiger partial charge >= 0.3 is 6.61 Å². The van der Waals surface area contributed by atoms with E-state index in [1.165, 1.54) is 30.8 Å². The molecule has 1 aromatic heterocycles. The van der Waals surface area contributed by atoms with Gasteiger partial charge in [-0.3, -0.25) is 4.79 Å². The second kappa shape index (κ2) is 9.32. The van der Waals surface area contributed by atoms with Crippen molar-refractivity contribution >= 4 is 17.5 Å². The van der Waals surface area contributed by atoms with E-state index < -0.39 is 6.61 Å². The maximum atomic E-state index is 12.2. The average molecular weight is 406 g/mol. The van der Waals surface area contributed by atoms with Crippen LogP contribution in [-0.2, 0) is 0 Å². The fourth-order valence-electron chi connectivity index (χ4n) is 2.33. The van der Waals surface area contributed by atoms with Crippen molar-refractivity contribution in [3.8, 4) is 23.0 Å². The van der Waals surface area contributed by atoms with Gasteiger partial charge < -0.3 is 13.9 Å². The van der Waals surface area contributed by atoms with Crippen LogP contribution in [0, 0.1) is 0 Å². The van der Waals surface area contributed by atoms with Gasteiger partial charge in [0.25, 0.3) is 5.22 Å². The van der Waals surface area contributed by atoms with E-state index in [2.05, 4.69) is 14.9 Å². The summed E-state index contributed by atoms with van der Waals surface area (Å²) in [5, 5.41) is 8.23. The summed E-state index contributed by atoms with van der Waals surface area (Å²) >= 11 is 1.31. The number of Topliss-reactive ketones (excluding diaryl/α,β-unsaturated/α-hetero) is 1. The van der Waals surface area contributed by atoms with Gasteiger partial charge in [0.15, 0.2) is 5.78 Å². The molecule has 6 nitrogen and oxygen atoms in total. The molecule has 0 N–H and O–H groups in total. The molecule has 146 valence electrons. The minimum absolute atomic E-state index is 0.0517. The zero-order valence-corrected chi connectivity index (χ0v) is 15.6. The summed E-state index contributed by atoms with van der Waals surface area (Å²) < 4.78 is 39.8. The highest BCUT2D eigenvalue weighted by Gasteiger charge is 2.11. The number of thioether (sulfide) groups is 1. The number of hydrogen-bond donors (Lipinski definition) is 0. The molecule has 0 aliphatic heterocycles. The van der Waals surface area contributed by atoms with Crippen molar-refractivity contribution < 1.29 is 27.5 Å². The first kappa shape index (κ1) is 19.8. The number of nitrogens with zero attached hydrogens (tertiary/aromatic N) is 2. The van der Waals surface area contributed by atoms with Crippen LogP contribution in [0.25, 0.3) is 11.5 Å². The van der Waals surface area contributed by atoms with E-state index in [0.29, 0.717) is 34.5 Å². The molecular formula is C19H16F2N2O4S. The molecule has 0 spiro atoms. The number of ether oxygens (including phenoxy) is 2. The van der Waals surface area contributed by atoms with E-state index in [-0.39, 0.29) is 17.4 Å². The topological polar surface area (TPSA) is 74.5 Å². The molecule has 2 aromatic carbocycles. The van der Waals surface area contributed by atoms with Gasteiger partial charge in [0.2, 0.25) is 5.89 Å². The fourth-order valence-corrected chi connectivity index (χ4v) is 2.91. The molecule has 3 aromatic rings. The lowest BCUT2D eigenvalue weighted by molar-refractivity contribution is -0.0498. The molecule has 28 heavy (non-hydrogen) atoms. The highest BCUT2D eigenvalue weighted by molar-refractivity contribution is 7.99. The SMILES string of the molecule is CC(=O)c1ccccc1OCCSc1nnc(-c2ccc(OC(F)F)cc2)o1. The first-order valence-corrected chi connectivity index (χ1v) is 9.26. The number of alkyl halides is 2. The molecule has 9 heteroatoms. The van der Waals surface area contributed by atoms with Crippen LogP contribution in [0.1, 0.15) is 17.3 Å². The van der Waals surface area contributed by atoms with E-state index in [1.807, 2.05) is 0 Å². The van der Waals surface area contributed by atoms with Gasteiger partial charge in [0.1, 0.15) is 11.5 Å². The van der Waals surface area contributed by atoms with Crippen molar-refractivity contribution in [3.05, 3.63) is 54.1 Å². The third kappa shape index (κ3) is 5.29. The maximum absolute atomic E-state index is 12.2. The summed E-state index contributed by atoms with van der Waals surface area (Å²) in [6, 6.07) is 13.0. The molecule has 0 bridgehead atoms. The lowest BCUT2D eigenvalue weighted by atomic mass is 10.1. The summed E-state index contributed by atoms with van der Waals surface area (Å²) in [4.78, 5) is 11.6. The number of ketones is 1. The summed E-state index contributed by atoms with van der Waals surface area (Å²) in [5.74, 6) is 1.34. The van der Waals surface area contributed by atoms with Crippen molar-refractivity contribution in [1.82, 2.24) is 10.2 Å². The number of para-hydroxylation sites is 1. The van der Waals surface area contributed by atoms with Crippen LogP contribution in [0.5, 0.6) is 11.5 Å². The van der Waals surface area contributed by atoms with Gasteiger partial charge in [-0.1, -0.05) is 23.9 Å². The monoisotopic (exact) mass is 406 g/mol. The van der Waals surface area contributed by atoms with Crippen LogP contribution in [-0.4, -0.2) is 35.0 Å². The van der Waals surface area contributed by atoms with Crippen LogP contribution in [0.3, 0.4) is 0 Å². The van der Waals surface area contributed by atoms with Crippen LogP contribution in [0.15, 0.2) is 58.2 Å². The molecule has 0 atom stereocenters.